The fourth-order valence-corrected chi connectivity index (χ4v) is 2.60. The molecule has 7 heteroatoms. The lowest BCUT2D eigenvalue weighted by Crippen LogP contribution is -2.48. The van der Waals surface area contributed by atoms with Crippen LogP contribution in [0.25, 0.3) is 0 Å². The van der Waals surface area contributed by atoms with Gasteiger partial charge in [-0.1, -0.05) is 12.1 Å². The first-order valence-electron chi connectivity index (χ1n) is 7.99. The normalized spacial score (nSPS) is 17.2. The molecule has 2 heterocycles. The van der Waals surface area contributed by atoms with Crippen molar-refractivity contribution in [1.29, 1.82) is 0 Å². The van der Waals surface area contributed by atoms with E-state index in [4.69, 9.17) is 9.47 Å². The molecular formula is C17H22N4O3. The smallest absolute Gasteiger partial charge is 0.317 e. The molecule has 2 amide bonds. The number of nitrogens with one attached hydrogen (secondary N) is 1. The topological polar surface area (TPSA) is 68.6 Å². The lowest BCUT2D eigenvalue weighted by Gasteiger charge is -2.30. The molecule has 0 unspecified atom stereocenters. The zero-order valence-electron chi connectivity index (χ0n) is 13.9. The van der Waals surface area contributed by atoms with Gasteiger partial charge in [0, 0.05) is 25.5 Å². The number of ether oxygens (including phenoxy) is 2. The van der Waals surface area contributed by atoms with E-state index in [0.717, 1.165) is 11.5 Å². The molecule has 2 atom stereocenters. The van der Waals surface area contributed by atoms with Crippen LogP contribution in [-0.2, 0) is 6.54 Å². The van der Waals surface area contributed by atoms with Gasteiger partial charge in [-0.15, -0.1) is 0 Å². The molecule has 7 nitrogen and oxygen atoms in total. The molecule has 0 radical (unpaired) electrons. The van der Waals surface area contributed by atoms with E-state index in [2.05, 4.69) is 10.4 Å². The van der Waals surface area contributed by atoms with E-state index in [0.29, 0.717) is 19.7 Å². The van der Waals surface area contributed by atoms with E-state index in [1.165, 1.54) is 0 Å². The fraction of sp³-hybridized carbons (Fsp3) is 0.412. The van der Waals surface area contributed by atoms with Crippen LogP contribution < -0.4 is 14.8 Å². The molecule has 24 heavy (non-hydrogen) atoms. The van der Waals surface area contributed by atoms with Crippen molar-refractivity contribution < 1.29 is 14.3 Å². The highest BCUT2D eigenvalue weighted by Gasteiger charge is 2.24. The summed E-state index contributed by atoms with van der Waals surface area (Å²) < 4.78 is 13.3. The third kappa shape index (κ3) is 3.98. The lowest BCUT2D eigenvalue weighted by molar-refractivity contribution is 0.0712. The van der Waals surface area contributed by atoms with Gasteiger partial charge in [-0.3, -0.25) is 4.68 Å². The van der Waals surface area contributed by atoms with Gasteiger partial charge in [-0.05, 0) is 25.1 Å². The van der Waals surface area contributed by atoms with Crippen LogP contribution >= 0.6 is 0 Å². The Bertz CT molecular complexity index is 674. The van der Waals surface area contributed by atoms with Gasteiger partial charge < -0.3 is 19.7 Å². The van der Waals surface area contributed by atoms with Crippen LogP contribution in [-0.4, -0.2) is 53.1 Å². The number of likely N-dealkylation sites (N-methyl/N-ethyl adjacent to an activating group) is 1. The molecule has 128 valence electrons. The van der Waals surface area contributed by atoms with Gasteiger partial charge in [0.15, 0.2) is 17.6 Å². The number of aromatic nitrogens is 2. The number of urea groups is 1. The number of fused-ring (bicyclic) bond motifs is 1. The minimum absolute atomic E-state index is 0.0240. The molecule has 1 aliphatic rings. The monoisotopic (exact) mass is 330 g/mol. The van der Waals surface area contributed by atoms with Crippen LogP contribution in [0.2, 0.25) is 0 Å². The maximum absolute atomic E-state index is 12.3. The second kappa shape index (κ2) is 7.25. The molecule has 0 aliphatic carbocycles. The number of amides is 2. The summed E-state index contributed by atoms with van der Waals surface area (Å²) in [5, 5.41) is 7.09. The number of para-hydroxylation sites is 2. The van der Waals surface area contributed by atoms with Crippen molar-refractivity contribution >= 4 is 6.03 Å². The van der Waals surface area contributed by atoms with Crippen molar-refractivity contribution in [2.75, 3.05) is 20.2 Å². The Morgan fingerprint density at radius 1 is 1.42 bits per heavy atom. The Hall–Kier alpha value is -2.70. The van der Waals surface area contributed by atoms with Crippen molar-refractivity contribution in [2.45, 2.75) is 25.6 Å². The Balaban J connectivity index is 1.48. The van der Waals surface area contributed by atoms with Gasteiger partial charge in [0.25, 0.3) is 0 Å². The van der Waals surface area contributed by atoms with Crippen LogP contribution in [0.4, 0.5) is 4.79 Å². The highest BCUT2D eigenvalue weighted by atomic mass is 16.6. The molecule has 2 aromatic rings. The molecule has 0 spiro atoms. The van der Waals surface area contributed by atoms with Crippen LogP contribution in [0.15, 0.2) is 42.7 Å². The minimum atomic E-state index is -0.183. The number of hydrogen-bond donors (Lipinski definition) is 1. The number of benzene rings is 1. The summed E-state index contributed by atoms with van der Waals surface area (Å²) in [6, 6.07) is 9.24. The van der Waals surface area contributed by atoms with Gasteiger partial charge >= 0.3 is 6.03 Å². The van der Waals surface area contributed by atoms with Gasteiger partial charge in [-0.2, -0.15) is 5.10 Å². The Morgan fingerprint density at radius 3 is 2.96 bits per heavy atom. The molecule has 0 fully saturated rings. The largest absolute Gasteiger partial charge is 0.486 e. The number of rotatable bonds is 5. The SMILES string of the molecule is C[C@@H](Cn1cccn1)NC(=O)N(C)C[C@H]1COc2ccccc2O1. The van der Waals surface area contributed by atoms with E-state index in [1.807, 2.05) is 43.5 Å². The summed E-state index contributed by atoms with van der Waals surface area (Å²) >= 11 is 0. The molecule has 1 aliphatic heterocycles. The predicted octanol–water partition coefficient (Wildman–Crippen LogP) is 1.75. The average Bonchev–Trinajstić information content (AvgIpc) is 3.07. The van der Waals surface area contributed by atoms with Gasteiger partial charge in [0.2, 0.25) is 0 Å². The van der Waals surface area contributed by atoms with E-state index in [9.17, 15) is 4.79 Å². The standard InChI is InChI=1S/C17H22N4O3/c1-13(10-21-9-5-8-18-21)19-17(22)20(2)11-14-12-23-15-6-3-4-7-16(15)24-14/h3-9,13-14H,10-12H2,1-2H3,(H,19,22)/t13-,14-/m0/s1. The second-order valence-electron chi connectivity index (χ2n) is 5.96. The molecule has 1 aromatic carbocycles. The number of carbonyl (C=O) groups excluding carboxylic acids is 1. The molecule has 0 saturated carbocycles. The molecule has 1 aromatic heterocycles. The minimum Gasteiger partial charge on any atom is -0.486 e. The van der Waals surface area contributed by atoms with Crippen molar-refractivity contribution in [2.24, 2.45) is 0 Å². The van der Waals surface area contributed by atoms with Gasteiger partial charge in [0.05, 0.1) is 13.1 Å². The van der Waals surface area contributed by atoms with Crippen LogP contribution in [0.3, 0.4) is 0 Å². The number of carbonyl (C=O) groups is 1. The highest BCUT2D eigenvalue weighted by molar-refractivity contribution is 5.74. The first-order valence-corrected chi connectivity index (χ1v) is 7.99. The fourth-order valence-electron chi connectivity index (χ4n) is 2.60. The van der Waals surface area contributed by atoms with Crippen molar-refractivity contribution in [3.63, 3.8) is 0 Å². The van der Waals surface area contributed by atoms with Crippen molar-refractivity contribution in [3.8, 4) is 11.5 Å². The zero-order valence-corrected chi connectivity index (χ0v) is 13.9. The average molecular weight is 330 g/mol. The summed E-state index contributed by atoms with van der Waals surface area (Å²) in [6.07, 6.45) is 3.41. The number of hydrogen-bond acceptors (Lipinski definition) is 4. The van der Waals surface area contributed by atoms with E-state index < -0.39 is 0 Å². The number of nitrogens with zero attached hydrogens (tertiary/aromatic N) is 3. The summed E-state index contributed by atoms with van der Waals surface area (Å²) in [4.78, 5) is 13.9. The maximum Gasteiger partial charge on any atom is 0.317 e. The molecule has 1 N–H and O–H groups in total. The third-order valence-electron chi connectivity index (χ3n) is 3.78. The molecule has 0 bridgehead atoms. The first kappa shape index (κ1) is 16.2. The van der Waals surface area contributed by atoms with Crippen molar-refractivity contribution in [3.05, 3.63) is 42.7 Å². The molecular weight excluding hydrogens is 308 g/mol. The van der Waals surface area contributed by atoms with E-state index in [1.54, 1.807) is 22.8 Å². The first-order chi connectivity index (χ1) is 11.6. The Labute approximate surface area is 141 Å². The highest BCUT2D eigenvalue weighted by Crippen LogP contribution is 2.30. The van der Waals surface area contributed by atoms with Crippen LogP contribution in [0.5, 0.6) is 11.5 Å². The zero-order chi connectivity index (χ0) is 16.9. The summed E-state index contributed by atoms with van der Waals surface area (Å²) in [6.45, 7) is 3.46. The lowest BCUT2D eigenvalue weighted by atomic mass is 10.2. The van der Waals surface area contributed by atoms with Crippen molar-refractivity contribution in [1.82, 2.24) is 20.0 Å². The second-order valence-corrected chi connectivity index (χ2v) is 5.96. The van der Waals surface area contributed by atoms with Gasteiger partial charge in [0.1, 0.15) is 6.61 Å². The predicted molar refractivity (Wildman–Crippen MR) is 89.2 cm³/mol. The molecule has 0 saturated heterocycles. The van der Waals surface area contributed by atoms with E-state index in [-0.39, 0.29) is 18.2 Å². The maximum atomic E-state index is 12.3. The summed E-state index contributed by atoms with van der Waals surface area (Å²) in [5.74, 6) is 1.46. The van der Waals surface area contributed by atoms with Crippen LogP contribution in [0, 0.1) is 0 Å². The Morgan fingerprint density at radius 2 is 2.21 bits per heavy atom. The Kier molecular flexibility index (Phi) is 4.88. The summed E-state index contributed by atoms with van der Waals surface area (Å²) in [5.41, 5.74) is 0. The molecule has 3 rings (SSSR count). The van der Waals surface area contributed by atoms with Gasteiger partial charge in [-0.25, -0.2) is 4.79 Å². The quantitative estimate of drug-likeness (QED) is 0.907. The third-order valence-corrected chi connectivity index (χ3v) is 3.78. The van der Waals surface area contributed by atoms with E-state index >= 15 is 0 Å². The van der Waals surface area contributed by atoms with Crippen LogP contribution in [0.1, 0.15) is 6.92 Å². The summed E-state index contributed by atoms with van der Waals surface area (Å²) in [7, 11) is 1.75.